The fourth-order valence-electron chi connectivity index (χ4n) is 1.46. The number of hydrogen-bond acceptors (Lipinski definition) is 3. The molecular formula is C13H21NO2S. The van der Waals surface area contributed by atoms with Gasteiger partial charge in [-0.3, -0.25) is 4.21 Å². The molecule has 0 aliphatic carbocycles. The zero-order valence-electron chi connectivity index (χ0n) is 10.4. The Labute approximate surface area is 106 Å². The lowest BCUT2D eigenvalue weighted by molar-refractivity contribution is 0.191. The van der Waals surface area contributed by atoms with Crippen LogP contribution < -0.4 is 5.32 Å². The van der Waals surface area contributed by atoms with Gasteiger partial charge in [0.2, 0.25) is 0 Å². The Morgan fingerprint density at radius 3 is 2.53 bits per heavy atom. The summed E-state index contributed by atoms with van der Waals surface area (Å²) >= 11 is 0. The van der Waals surface area contributed by atoms with Crippen LogP contribution in [-0.4, -0.2) is 33.8 Å². The average Bonchev–Trinajstić information content (AvgIpc) is 2.27. The van der Waals surface area contributed by atoms with Crippen molar-refractivity contribution >= 4 is 10.8 Å². The van der Waals surface area contributed by atoms with Crippen molar-refractivity contribution in [3.05, 3.63) is 35.9 Å². The van der Waals surface area contributed by atoms with E-state index in [1.54, 1.807) is 0 Å². The molecule has 0 bridgehead atoms. The van der Waals surface area contributed by atoms with Gasteiger partial charge in [0.25, 0.3) is 0 Å². The van der Waals surface area contributed by atoms with Gasteiger partial charge < -0.3 is 10.4 Å². The summed E-state index contributed by atoms with van der Waals surface area (Å²) in [5.41, 5.74) is 1.05. The Kier molecular flexibility index (Phi) is 6.40. The number of hydrogen-bond donors (Lipinski definition) is 2. The molecule has 0 saturated carbocycles. The van der Waals surface area contributed by atoms with Gasteiger partial charge in [0.05, 0.1) is 11.9 Å². The number of nitrogens with one attached hydrogen (secondary N) is 1. The zero-order valence-corrected chi connectivity index (χ0v) is 11.2. The highest BCUT2D eigenvalue weighted by molar-refractivity contribution is 7.84. The second kappa shape index (κ2) is 7.58. The van der Waals surface area contributed by atoms with E-state index in [0.29, 0.717) is 24.1 Å². The number of aliphatic hydroxyl groups excluding tert-OH is 1. The molecule has 96 valence electrons. The van der Waals surface area contributed by atoms with Gasteiger partial charge in [0.1, 0.15) is 0 Å². The van der Waals surface area contributed by atoms with Gasteiger partial charge in [-0.25, -0.2) is 0 Å². The SMILES string of the molecule is CC(C)NCC(O)CS(=O)Cc1ccccc1. The molecule has 0 amide bonds. The molecule has 0 fully saturated rings. The molecule has 0 radical (unpaired) electrons. The minimum absolute atomic E-state index is 0.328. The van der Waals surface area contributed by atoms with E-state index in [0.717, 1.165) is 5.56 Å². The first-order chi connectivity index (χ1) is 8.08. The van der Waals surface area contributed by atoms with Gasteiger partial charge in [-0.1, -0.05) is 44.2 Å². The van der Waals surface area contributed by atoms with Crippen LogP contribution >= 0.6 is 0 Å². The van der Waals surface area contributed by atoms with Gasteiger partial charge in [0.15, 0.2) is 0 Å². The van der Waals surface area contributed by atoms with Crippen LogP contribution in [0.15, 0.2) is 30.3 Å². The summed E-state index contributed by atoms with van der Waals surface area (Å²) in [7, 11) is -1.01. The van der Waals surface area contributed by atoms with E-state index in [4.69, 9.17) is 0 Å². The minimum Gasteiger partial charge on any atom is -0.391 e. The number of aliphatic hydroxyl groups is 1. The zero-order chi connectivity index (χ0) is 12.7. The van der Waals surface area contributed by atoms with Crippen molar-refractivity contribution in [1.82, 2.24) is 5.32 Å². The highest BCUT2D eigenvalue weighted by atomic mass is 32.2. The summed E-state index contributed by atoms with van der Waals surface area (Å²) in [5.74, 6) is 0.841. The molecule has 0 saturated heterocycles. The number of benzene rings is 1. The molecule has 3 nitrogen and oxygen atoms in total. The Hall–Kier alpha value is -0.710. The van der Waals surface area contributed by atoms with Gasteiger partial charge in [-0.15, -0.1) is 0 Å². The van der Waals surface area contributed by atoms with E-state index >= 15 is 0 Å². The summed E-state index contributed by atoms with van der Waals surface area (Å²) in [6.07, 6.45) is -0.540. The van der Waals surface area contributed by atoms with E-state index in [2.05, 4.69) is 5.32 Å². The van der Waals surface area contributed by atoms with E-state index in [9.17, 15) is 9.32 Å². The van der Waals surface area contributed by atoms with Crippen LogP contribution in [0.3, 0.4) is 0 Å². The van der Waals surface area contributed by atoms with E-state index in [1.807, 2.05) is 44.2 Å². The molecule has 0 aromatic heterocycles. The maximum absolute atomic E-state index is 11.8. The van der Waals surface area contributed by atoms with Crippen LogP contribution in [0.4, 0.5) is 0 Å². The summed E-state index contributed by atoms with van der Waals surface area (Å²) in [6.45, 7) is 4.54. The maximum Gasteiger partial charge on any atom is 0.0779 e. The molecule has 2 unspecified atom stereocenters. The lowest BCUT2D eigenvalue weighted by atomic mass is 10.2. The predicted molar refractivity (Wildman–Crippen MR) is 72.3 cm³/mol. The topological polar surface area (TPSA) is 49.3 Å². The third-order valence-electron chi connectivity index (χ3n) is 2.31. The van der Waals surface area contributed by atoms with Crippen molar-refractivity contribution < 1.29 is 9.32 Å². The highest BCUT2D eigenvalue weighted by Crippen LogP contribution is 2.03. The summed E-state index contributed by atoms with van der Waals surface area (Å²) in [6, 6.07) is 10.1. The first-order valence-corrected chi connectivity index (χ1v) is 7.37. The van der Waals surface area contributed by atoms with Crippen LogP contribution in [0, 0.1) is 0 Å². The second-order valence-corrected chi connectivity index (χ2v) is 5.95. The van der Waals surface area contributed by atoms with Crippen LogP contribution in [0.1, 0.15) is 19.4 Å². The average molecular weight is 255 g/mol. The Balaban J connectivity index is 2.29. The quantitative estimate of drug-likeness (QED) is 0.772. The molecule has 17 heavy (non-hydrogen) atoms. The molecule has 0 aliphatic heterocycles. The highest BCUT2D eigenvalue weighted by Gasteiger charge is 2.10. The molecule has 1 rings (SSSR count). The first-order valence-electron chi connectivity index (χ1n) is 5.88. The van der Waals surface area contributed by atoms with Crippen LogP contribution in [0.2, 0.25) is 0 Å². The number of rotatable bonds is 7. The minimum atomic E-state index is -1.01. The van der Waals surface area contributed by atoms with E-state index < -0.39 is 16.9 Å². The molecule has 2 atom stereocenters. The van der Waals surface area contributed by atoms with Crippen molar-refractivity contribution in [2.45, 2.75) is 31.7 Å². The Morgan fingerprint density at radius 1 is 1.29 bits per heavy atom. The second-order valence-electron chi connectivity index (χ2n) is 4.45. The smallest absolute Gasteiger partial charge is 0.0779 e. The molecule has 0 heterocycles. The normalized spacial score (nSPS) is 14.8. The third-order valence-corrected chi connectivity index (χ3v) is 3.72. The van der Waals surface area contributed by atoms with Gasteiger partial charge in [-0.05, 0) is 5.56 Å². The Morgan fingerprint density at radius 2 is 1.94 bits per heavy atom. The molecule has 2 N–H and O–H groups in total. The molecular weight excluding hydrogens is 234 g/mol. The van der Waals surface area contributed by atoms with Crippen molar-refractivity contribution in [2.24, 2.45) is 0 Å². The fraction of sp³-hybridized carbons (Fsp3) is 0.538. The maximum atomic E-state index is 11.8. The Bertz CT molecular complexity index is 341. The van der Waals surface area contributed by atoms with E-state index in [-0.39, 0.29) is 0 Å². The molecule has 1 aromatic carbocycles. The predicted octanol–water partition coefficient (Wildman–Crippen LogP) is 1.29. The molecule has 0 spiro atoms. The first kappa shape index (κ1) is 14.4. The lowest BCUT2D eigenvalue weighted by Gasteiger charge is -2.13. The lowest BCUT2D eigenvalue weighted by Crippen LogP contribution is -2.35. The summed E-state index contributed by atoms with van der Waals surface area (Å²) in [4.78, 5) is 0. The van der Waals surface area contributed by atoms with Crippen molar-refractivity contribution in [1.29, 1.82) is 0 Å². The third kappa shape index (κ3) is 6.56. The van der Waals surface area contributed by atoms with Crippen molar-refractivity contribution in [3.8, 4) is 0 Å². The molecule has 0 aliphatic rings. The largest absolute Gasteiger partial charge is 0.391 e. The summed E-state index contributed by atoms with van der Waals surface area (Å²) in [5, 5.41) is 12.8. The van der Waals surface area contributed by atoms with Crippen LogP contribution in [0.25, 0.3) is 0 Å². The van der Waals surface area contributed by atoms with Gasteiger partial charge in [-0.2, -0.15) is 0 Å². The van der Waals surface area contributed by atoms with Crippen molar-refractivity contribution in [3.63, 3.8) is 0 Å². The summed E-state index contributed by atoms with van der Waals surface area (Å²) < 4.78 is 11.8. The van der Waals surface area contributed by atoms with Gasteiger partial charge in [0, 0.05) is 29.1 Å². The van der Waals surface area contributed by atoms with Crippen LogP contribution in [0.5, 0.6) is 0 Å². The van der Waals surface area contributed by atoms with Gasteiger partial charge >= 0.3 is 0 Å². The fourth-order valence-corrected chi connectivity index (χ4v) is 2.69. The van der Waals surface area contributed by atoms with E-state index in [1.165, 1.54) is 0 Å². The van der Waals surface area contributed by atoms with Crippen LogP contribution in [-0.2, 0) is 16.6 Å². The van der Waals surface area contributed by atoms with Crippen molar-refractivity contribution in [2.75, 3.05) is 12.3 Å². The standard InChI is InChI=1S/C13H21NO2S/c1-11(2)14-8-13(15)10-17(16)9-12-6-4-3-5-7-12/h3-7,11,13-15H,8-10H2,1-2H3. The molecule has 4 heteroatoms. The monoisotopic (exact) mass is 255 g/mol. The molecule has 1 aromatic rings.